The smallest absolute Gasteiger partial charge is 0.0829 e. The van der Waals surface area contributed by atoms with Crippen molar-refractivity contribution in [3.05, 3.63) is 144 Å². The summed E-state index contributed by atoms with van der Waals surface area (Å²) in [6.07, 6.45) is 0. The van der Waals surface area contributed by atoms with Crippen LogP contribution in [0.3, 0.4) is 0 Å². The summed E-state index contributed by atoms with van der Waals surface area (Å²) in [6.45, 7) is 8.65. The molecule has 5 aromatic carbocycles. The number of hydrogen-bond acceptors (Lipinski definition) is 4. The number of thiophene rings is 4. The van der Waals surface area contributed by atoms with E-state index < -0.39 is 0 Å². The second-order valence-electron chi connectivity index (χ2n) is 14.1. The lowest BCUT2D eigenvalue weighted by molar-refractivity contribution is 1.18. The summed E-state index contributed by atoms with van der Waals surface area (Å²) in [5.74, 6) is 0. The van der Waals surface area contributed by atoms with E-state index in [1.165, 1.54) is 116 Å². The maximum Gasteiger partial charge on any atom is 0.0829 e. The van der Waals surface area contributed by atoms with E-state index >= 15 is 0 Å². The van der Waals surface area contributed by atoms with Crippen LogP contribution in [0.2, 0.25) is 0 Å². The van der Waals surface area contributed by atoms with Crippen LogP contribution in [0.15, 0.2) is 121 Å². The first-order valence-electron chi connectivity index (χ1n) is 17.6. The standard InChI is InChI=1S/C46H32N2S4/c1-25-5-13-29(14-6-25)37-23-39-45(49-37)41-43(51-39)33-21-36-34(22-35(33)47(41)31-17-9-27(3)10-18-31)44-42(48(36)32-19-11-28(4)12-20-32)46-40(52-44)24-38(50-46)30-15-7-26(2)8-16-30/h5-24H,1-4H3. The van der Waals surface area contributed by atoms with Crippen molar-refractivity contribution in [1.29, 1.82) is 0 Å². The van der Waals surface area contributed by atoms with Crippen molar-refractivity contribution in [3.8, 4) is 32.3 Å². The number of nitrogens with zero attached hydrogens (tertiary/aromatic N) is 2. The van der Waals surface area contributed by atoms with Crippen LogP contribution in [-0.4, -0.2) is 9.13 Å². The third-order valence-corrected chi connectivity index (χ3v) is 15.4. The normalized spacial score (nSPS) is 12.2. The van der Waals surface area contributed by atoms with Gasteiger partial charge in [0.05, 0.1) is 40.9 Å². The van der Waals surface area contributed by atoms with E-state index in [2.05, 4.69) is 158 Å². The fraction of sp³-hybridized carbons (Fsp3) is 0.0870. The van der Waals surface area contributed by atoms with E-state index in [1.807, 2.05) is 45.3 Å². The molecule has 0 bridgehead atoms. The molecular formula is C46H32N2S4. The van der Waals surface area contributed by atoms with Gasteiger partial charge in [-0.3, -0.25) is 0 Å². The second-order valence-corrected chi connectivity index (χ2v) is 18.3. The van der Waals surface area contributed by atoms with Gasteiger partial charge in [0.25, 0.3) is 0 Å². The minimum atomic E-state index is 1.21. The van der Waals surface area contributed by atoms with Gasteiger partial charge in [-0.25, -0.2) is 0 Å². The number of fused-ring (bicyclic) bond motifs is 10. The van der Waals surface area contributed by atoms with Crippen LogP contribution >= 0.6 is 45.3 Å². The Bertz CT molecular complexity index is 2950. The Morgan fingerprint density at radius 3 is 1.08 bits per heavy atom. The molecule has 0 spiro atoms. The topological polar surface area (TPSA) is 9.86 Å². The quantitative estimate of drug-likeness (QED) is 0.170. The van der Waals surface area contributed by atoms with Crippen molar-refractivity contribution in [3.63, 3.8) is 0 Å². The Morgan fingerprint density at radius 1 is 0.365 bits per heavy atom. The molecule has 0 atom stereocenters. The zero-order valence-corrected chi connectivity index (χ0v) is 32.3. The van der Waals surface area contributed by atoms with Crippen molar-refractivity contribution in [1.82, 2.24) is 9.13 Å². The maximum atomic E-state index is 2.54. The third kappa shape index (κ3) is 4.51. The molecule has 0 amide bonds. The molecule has 0 radical (unpaired) electrons. The van der Waals surface area contributed by atoms with Gasteiger partial charge in [0.1, 0.15) is 0 Å². The first-order valence-corrected chi connectivity index (χ1v) is 20.8. The van der Waals surface area contributed by atoms with Crippen LogP contribution in [-0.2, 0) is 0 Å². The number of rotatable bonds is 4. The molecule has 11 aromatic rings. The molecule has 2 nitrogen and oxygen atoms in total. The minimum absolute atomic E-state index is 1.21. The predicted octanol–water partition coefficient (Wildman–Crippen LogP) is 15.0. The molecule has 6 aromatic heterocycles. The zero-order valence-electron chi connectivity index (χ0n) is 29.1. The summed E-state index contributed by atoms with van der Waals surface area (Å²) in [4.78, 5) is 2.65. The van der Waals surface area contributed by atoms with Gasteiger partial charge in [0.2, 0.25) is 0 Å². The first kappa shape index (κ1) is 30.6. The molecular weight excluding hydrogens is 709 g/mol. The SMILES string of the molecule is Cc1ccc(-c2cc3sc4c5cc6c(cc5n(-c5ccc(C)cc5)c4c3s2)c2sc3cc(-c4ccc(C)cc4)sc3c2n6-c2ccc(C)cc2)cc1. The number of aromatic nitrogens is 2. The van der Waals surface area contributed by atoms with Gasteiger partial charge in [-0.05, 0) is 87.4 Å². The average molecular weight is 741 g/mol. The predicted molar refractivity (Wildman–Crippen MR) is 231 cm³/mol. The molecule has 6 heteroatoms. The number of aryl methyl sites for hydroxylation is 4. The van der Waals surface area contributed by atoms with Gasteiger partial charge < -0.3 is 9.13 Å². The second kappa shape index (κ2) is 11.3. The van der Waals surface area contributed by atoms with E-state index in [9.17, 15) is 0 Å². The Labute approximate surface area is 317 Å². The minimum Gasteiger partial charge on any atom is -0.307 e. The van der Waals surface area contributed by atoms with Crippen LogP contribution in [0.25, 0.3) is 93.3 Å². The Hall–Kier alpha value is -4.98. The van der Waals surface area contributed by atoms with E-state index in [1.54, 1.807) is 0 Å². The molecule has 0 aliphatic carbocycles. The fourth-order valence-electron chi connectivity index (χ4n) is 7.72. The summed E-state index contributed by atoms with van der Waals surface area (Å²) >= 11 is 7.72. The van der Waals surface area contributed by atoms with Gasteiger partial charge in [-0.2, -0.15) is 0 Å². The molecule has 11 rings (SSSR count). The summed E-state index contributed by atoms with van der Waals surface area (Å²) in [5, 5.41) is 2.63. The Morgan fingerprint density at radius 2 is 0.712 bits per heavy atom. The van der Waals surface area contributed by atoms with E-state index in [4.69, 9.17) is 0 Å². The maximum absolute atomic E-state index is 2.54. The van der Waals surface area contributed by atoms with Gasteiger partial charge in [-0.15, -0.1) is 45.3 Å². The summed E-state index contributed by atoms with van der Waals surface area (Å²) in [6, 6.07) is 45.8. The molecule has 52 heavy (non-hydrogen) atoms. The molecule has 6 heterocycles. The van der Waals surface area contributed by atoms with Gasteiger partial charge in [0.15, 0.2) is 0 Å². The molecule has 0 aliphatic heterocycles. The fourth-order valence-corrected chi connectivity index (χ4v) is 13.0. The first-order chi connectivity index (χ1) is 25.4. The molecule has 0 aliphatic rings. The van der Waals surface area contributed by atoms with Crippen molar-refractivity contribution in [2.75, 3.05) is 0 Å². The van der Waals surface area contributed by atoms with Gasteiger partial charge >= 0.3 is 0 Å². The highest BCUT2D eigenvalue weighted by atomic mass is 32.1. The molecule has 250 valence electrons. The largest absolute Gasteiger partial charge is 0.307 e. The van der Waals surface area contributed by atoms with Crippen LogP contribution in [0.5, 0.6) is 0 Å². The summed E-state index contributed by atoms with van der Waals surface area (Å²) in [7, 11) is 0. The van der Waals surface area contributed by atoms with Gasteiger partial charge in [-0.1, -0.05) is 95.1 Å². The van der Waals surface area contributed by atoms with E-state index in [0.29, 0.717) is 0 Å². The Balaban J connectivity index is 1.24. The lowest BCUT2D eigenvalue weighted by atomic mass is 10.1. The number of benzene rings is 5. The van der Waals surface area contributed by atoms with E-state index in [0.717, 1.165) is 0 Å². The molecule has 0 saturated heterocycles. The average Bonchev–Trinajstić information content (AvgIpc) is 3.98. The highest BCUT2D eigenvalue weighted by Crippen LogP contribution is 2.52. The van der Waals surface area contributed by atoms with Crippen molar-refractivity contribution in [2.24, 2.45) is 0 Å². The van der Waals surface area contributed by atoms with Crippen LogP contribution in [0, 0.1) is 27.7 Å². The lowest BCUT2D eigenvalue weighted by Gasteiger charge is -2.10. The summed E-state index contributed by atoms with van der Waals surface area (Å²) < 4.78 is 13.2. The third-order valence-electron chi connectivity index (χ3n) is 10.5. The van der Waals surface area contributed by atoms with E-state index in [-0.39, 0.29) is 0 Å². The zero-order chi connectivity index (χ0) is 34.8. The molecule has 0 N–H and O–H groups in total. The van der Waals surface area contributed by atoms with Gasteiger partial charge in [0, 0.05) is 41.3 Å². The van der Waals surface area contributed by atoms with Crippen LogP contribution in [0.4, 0.5) is 0 Å². The Kier molecular flexibility index (Phi) is 6.63. The number of hydrogen-bond donors (Lipinski definition) is 0. The highest BCUT2D eigenvalue weighted by molar-refractivity contribution is 7.35. The van der Waals surface area contributed by atoms with Crippen LogP contribution < -0.4 is 0 Å². The molecule has 0 fully saturated rings. The molecule has 0 saturated carbocycles. The van der Waals surface area contributed by atoms with Crippen molar-refractivity contribution < 1.29 is 0 Å². The lowest BCUT2D eigenvalue weighted by Crippen LogP contribution is -1.95. The van der Waals surface area contributed by atoms with Crippen LogP contribution in [0.1, 0.15) is 22.3 Å². The summed E-state index contributed by atoms with van der Waals surface area (Å²) in [5.41, 5.74) is 15.3. The monoisotopic (exact) mass is 740 g/mol. The molecule has 0 unspecified atom stereocenters. The highest BCUT2D eigenvalue weighted by Gasteiger charge is 2.25. The van der Waals surface area contributed by atoms with Crippen molar-refractivity contribution >= 4 is 106 Å². The van der Waals surface area contributed by atoms with Crippen molar-refractivity contribution in [2.45, 2.75) is 27.7 Å².